The van der Waals surface area contributed by atoms with E-state index in [4.69, 9.17) is 12.2 Å². The van der Waals surface area contributed by atoms with E-state index in [0.29, 0.717) is 20.7 Å². The Labute approximate surface area is 146 Å². The SMILES string of the molecule is CSc1nc2sccc2c(=O)[nH]1.O=c1[nH]c(=S)[nH]c2sccc12. The zero-order valence-corrected chi connectivity index (χ0v) is 15.0. The molecule has 0 aliphatic carbocycles. The third kappa shape index (κ3) is 3.44. The summed E-state index contributed by atoms with van der Waals surface area (Å²) in [5.41, 5.74) is -0.171. The summed E-state index contributed by atoms with van der Waals surface area (Å²) in [4.78, 5) is 36.4. The molecule has 0 bridgehead atoms. The highest BCUT2D eigenvalue weighted by Crippen LogP contribution is 2.16. The van der Waals surface area contributed by atoms with E-state index in [9.17, 15) is 9.59 Å². The number of nitrogens with zero attached hydrogens (tertiary/aromatic N) is 1. The third-order valence-corrected chi connectivity index (χ3v) is 5.29. The van der Waals surface area contributed by atoms with Crippen LogP contribution in [0.4, 0.5) is 0 Å². The molecule has 0 aliphatic rings. The zero-order valence-electron chi connectivity index (χ0n) is 11.7. The minimum absolute atomic E-state index is 0.0504. The fourth-order valence-electron chi connectivity index (χ4n) is 1.83. The van der Waals surface area contributed by atoms with Gasteiger partial charge >= 0.3 is 0 Å². The first kappa shape index (κ1) is 16.1. The lowest BCUT2D eigenvalue weighted by Gasteiger charge is -1.93. The van der Waals surface area contributed by atoms with Crippen molar-refractivity contribution in [1.29, 1.82) is 0 Å². The van der Waals surface area contributed by atoms with Gasteiger partial charge in [0, 0.05) is 0 Å². The Morgan fingerprint density at radius 3 is 2.52 bits per heavy atom. The summed E-state index contributed by atoms with van der Waals surface area (Å²) < 4.78 is 0.380. The van der Waals surface area contributed by atoms with Crippen molar-refractivity contribution < 1.29 is 0 Å². The normalized spacial score (nSPS) is 10.7. The smallest absolute Gasteiger partial charge is 0.260 e. The molecule has 0 amide bonds. The molecule has 4 aromatic rings. The van der Waals surface area contributed by atoms with E-state index in [1.54, 1.807) is 12.1 Å². The van der Waals surface area contributed by atoms with Crippen molar-refractivity contribution in [1.82, 2.24) is 19.9 Å². The number of hydrogen-bond donors (Lipinski definition) is 3. The maximum absolute atomic E-state index is 11.3. The van der Waals surface area contributed by atoms with Crippen LogP contribution in [0.25, 0.3) is 20.4 Å². The first-order chi connectivity index (χ1) is 11.1. The lowest BCUT2D eigenvalue weighted by atomic mass is 10.4. The fourth-order valence-corrected chi connectivity index (χ4v) is 4.08. The summed E-state index contributed by atoms with van der Waals surface area (Å²) in [6.07, 6.45) is 1.89. The van der Waals surface area contributed by atoms with Crippen LogP contribution < -0.4 is 11.1 Å². The summed E-state index contributed by atoms with van der Waals surface area (Å²) in [7, 11) is 0. The van der Waals surface area contributed by atoms with Crippen molar-refractivity contribution in [2.75, 3.05) is 6.26 Å². The Morgan fingerprint density at radius 2 is 1.74 bits per heavy atom. The Hall–Kier alpha value is -1.75. The van der Waals surface area contributed by atoms with Gasteiger partial charge in [-0.1, -0.05) is 11.8 Å². The van der Waals surface area contributed by atoms with Crippen LogP contribution in [0.5, 0.6) is 0 Å². The lowest BCUT2D eigenvalue weighted by Crippen LogP contribution is -2.06. The van der Waals surface area contributed by atoms with Crippen LogP contribution in [0.3, 0.4) is 0 Å². The van der Waals surface area contributed by atoms with Gasteiger partial charge in [0.2, 0.25) is 0 Å². The molecule has 0 unspecified atom stereocenters. The van der Waals surface area contributed by atoms with Crippen LogP contribution in [-0.4, -0.2) is 26.2 Å². The molecule has 0 spiro atoms. The van der Waals surface area contributed by atoms with Gasteiger partial charge in [-0.15, -0.1) is 22.7 Å². The van der Waals surface area contributed by atoms with Gasteiger partial charge in [0.05, 0.1) is 10.8 Å². The molecule has 0 aromatic carbocycles. The highest BCUT2D eigenvalue weighted by molar-refractivity contribution is 7.98. The molecule has 0 radical (unpaired) electrons. The highest BCUT2D eigenvalue weighted by atomic mass is 32.2. The second-order valence-electron chi connectivity index (χ2n) is 4.29. The Morgan fingerprint density at radius 1 is 1.04 bits per heavy atom. The van der Waals surface area contributed by atoms with Gasteiger partial charge in [-0.2, -0.15) is 0 Å². The number of hydrogen-bond acceptors (Lipinski definition) is 7. The molecule has 0 aliphatic heterocycles. The summed E-state index contributed by atoms with van der Waals surface area (Å²) in [6.45, 7) is 0. The zero-order chi connectivity index (χ0) is 16.4. The molecule has 0 fully saturated rings. The molecule has 4 rings (SSSR count). The Bertz CT molecular complexity index is 1130. The number of fused-ring (bicyclic) bond motifs is 2. The predicted octanol–water partition coefficient (Wildman–Crippen LogP) is 3.35. The first-order valence-electron chi connectivity index (χ1n) is 6.30. The monoisotopic (exact) mass is 382 g/mol. The summed E-state index contributed by atoms with van der Waals surface area (Å²) >= 11 is 9.19. The molecule has 0 saturated heterocycles. The average Bonchev–Trinajstić information content (AvgIpc) is 3.16. The molecular formula is C13H10N4O2S4. The largest absolute Gasteiger partial charge is 0.323 e. The molecular weight excluding hydrogens is 372 g/mol. The maximum atomic E-state index is 11.3. The minimum atomic E-state index is -0.120. The van der Waals surface area contributed by atoms with Gasteiger partial charge < -0.3 is 9.97 Å². The maximum Gasteiger partial charge on any atom is 0.260 e. The van der Waals surface area contributed by atoms with Crippen molar-refractivity contribution in [2.24, 2.45) is 0 Å². The van der Waals surface area contributed by atoms with Crippen molar-refractivity contribution in [3.8, 4) is 0 Å². The van der Waals surface area contributed by atoms with Crippen molar-refractivity contribution in [3.63, 3.8) is 0 Å². The van der Waals surface area contributed by atoms with Gasteiger partial charge in [-0.3, -0.25) is 14.6 Å². The van der Waals surface area contributed by atoms with Crippen molar-refractivity contribution in [2.45, 2.75) is 5.16 Å². The van der Waals surface area contributed by atoms with E-state index in [1.807, 2.05) is 17.0 Å². The Kier molecular flexibility index (Phi) is 4.76. The summed E-state index contributed by atoms with van der Waals surface area (Å²) in [5, 5.41) is 5.75. The highest BCUT2D eigenvalue weighted by Gasteiger charge is 2.02. The fraction of sp³-hybridized carbons (Fsp3) is 0.0769. The van der Waals surface area contributed by atoms with E-state index >= 15 is 0 Å². The number of thioether (sulfide) groups is 1. The number of aromatic amines is 3. The second-order valence-corrected chi connectivity index (χ2v) is 7.30. The molecule has 4 aromatic heterocycles. The quantitative estimate of drug-likeness (QED) is 0.267. The number of H-pyrrole nitrogens is 3. The molecule has 6 nitrogen and oxygen atoms in total. The topological polar surface area (TPSA) is 94.4 Å². The molecule has 10 heteroatoms. The van der Waals surface area contributed by atoms with Gasteiger partial charge in [-0.05, 0) is 41.4 Å². The van der Waals surface area contributed by atoms with Gasteiger partial charge in [0.25, 0.3) is 11.1 Å². The standard InChI is InChI=1S/C7H6N2OS2.C6H4N2OS2/c1-11-7-8-5(10)4-2-3-12-6(4)9-7;9-4-3-1-2-11-5(3)8-6(10)7-4/h2-3H,1H3,(H,8,9,10);1-2H,(H2,7,8,9,10). The van der Waals surface area contributed by atoms with E-state index in [-0.39, 0.29) is 11.1 Å². The van der Waals surface area contributed by atoms with Crippen molar-refractivity contribution >= 4 is 67.1 Å². The number of rotatable bonds is 1. The number of thiophene rings is 2. The number of nitrogens with one attached hydrogen (secondary N) is 3. The molecule has 23 heavy (non-hydrogen) atoms. The summed E-state index contributed by atoms with van der Waals surface area (Å²) in [6, 6.07) is 3.56. The van der Waals surface area contributed by atoms with Crippen LogP contribution >= 0.6 is 46.7 Å². The molecule has 4 heterocycles. The van der Waals surface area contributed by atoms with E-state index < -0.39 is 0 Å². The molecule has 0 atom stereocenters. The van der Waals surface area contributed by atoms with Crippen LogP contribution in [0.1, 0.15) is 0 Å². The van der Waals surface area contributed by atoms with Crippen LogP contribution in [-0.2, 0) is 0 Å². The first-order valence-corrected chi connectivity index (χ1v) is 9.69. The van der Waals surface area contributed by atoms with Gasteiger partial charge in [0.15, 0.2) is 9.93 Å². The van der Waals surface area contributed by atoms with E-state index in [0.717, 1.165) is 9.66 Å². The number of aromatic nitrogens is 4. The second kappa shape index (κ2) is 6.79. The third-order valence-electron chi connectivity index (χ3n) is 2.87. The summed E-state index contributed by atoms with van der Waals surface area (Å²) in [5.74, 6) is 0. The molecule has 118 valence electrons. The lowest BCUT2D eigenvalue weighted by molar-refractivity contribution is 0.984. The van der Waals surface area contributed by atoms with Gasteiger partial charge in [-0.25, -0.2) is 4.98 Å². The Balaban J connectivity index is 0.000000136. The molecule has 3 N–H and O–H groups in total. The van der Waals surface area contributed by atoms with E-state index in [1.165, 1.54) is 34.4 Å². The van der Waals surface area contributed by atoms with Crippen LogP contribution in [0.2, 0.25) is 0 Å². The van der Waals surface area contributed by atoms with Crippen LogP contribution in [0, 0.1) is 4.77 Å². The molecule has 0 saturated carbocycles. The minimum Gasteiger partial charge on any atom is -0.323 e. The van der Waals surface area contributed by atoms with Gasteiger partial charge in [0.1, 0.15) is 9.66 Å². The average molecular weight is 383 g/mol. The van der Waals surface area contributed by atoms with Crippen molar-refractivity contribution in [3.05, 3.63) is 48.4 Å². The predicted molar refractivity (Wildman–Crippen MR) is 99.7 cm³/mol. The van der Waals surface area contributed by atoms with E-state index in [2.05, 4.69) is 19.9 Å². The van der Waals surface area contributed by atoms with Crippen LogP contribution in [0.15, 0.2) is 37.6 Å².